The van der Waals surface area contributed by atoms with Crippen LogP contribution in [-0.2, 0) is 16.0 Å². The summed E-state index contributed by atoms with van der Waals surface area (Å²) in [6.07, 6.45) is 1.39. The van der Waals surface area contributed by atoms with E-state index in [9.17, 15) is 9.59 Å². The molecule has 1 aliphatic heterocycles. The summed E-state index contributed by atoms with van der Waals surface area (Å²) in [5, 5.41) is 0. The third-order valence-corrected chi connectivity index (χ3v) is 6.33. The molecule has 0 radical (unpaired) electrons. The van der Waals surface area contributed by atoms with Gasteiger partial charge in [0.25, 0.3) is 5.91 Å². The van der Waals surface area contributed by atoms with E-state index >= 15 is 0 Å². The molecule has 2 atom stereocenters. The fraction of sp³-hybridized carbons (Fsp3) is 0.481. The summed E-state index contributed by atoms with van der Waals surface area (Å²) in [7, 11) is 0. The van der Waals surface area contributed by atoms with Crippen LogP contribution in [0.15, 0.2) is 42.5 Å². The minimum atomic E-state index is -0.512. The molecule has 0 fully saturated rings. The standard InChI is InChI=1S/C27H36N2O3/c1-6-24(27(31)28(8-3)9-4)32-22-14-13-20-15-16-29(25(30)7-2)26(23(20)18-22)21-12-10-11-19(5)17-21/h10-14,17-18,24,26H,6-9,15-16H2,1-5H3. The van der Waals surface area contributed by atoms with Gasteiger partial charge in [-0.2, -0.15) is 0 Å². The summed E-state index contributed by atoms with van der Waals surface area (Å²) < 4.78 is 6.21. The predicted molar refractivity (Wildman–Crippen MR) is 128 cm³/mol. The van der Waals surface area contributed by atoms with Crippen LogP contribution in [0.3, 0.4) is 0 Å². The zero-order valence-corrected chi connectivity index (χ0v) is 20.1. The number of benzene rings is 2. The molecule has 0 bridgehead atoms. The predicted octanol–water partition coefficient (Wildman–Crippen LogP) is 4.90. The van der Waals surface area contributed by atoms with Crippen LogP contribution in [-0.4, -0.2) is 47.4 Å². The highest BCUT2D eigenvalue weighted by atomic mass is 16.5. The van der Waals surface area contributed by atoms with Crippen LogP contribution in [0.4, 0.5) is 0 Å². The van der Waals surface area contributed by atoms with E-state index < -0.39 is 6.10 Å². The van der Waals surface area contributed by atoms with Gasteiger partial charge in [-0.15, -0.1) is 0 Å². The minimum absolute atomic E-state index is 0.0215. The number of fused-ring (bicyclic) bond motifs is 1. The number of hydrogen-bond acceptors (Lipinski definition) is 3. The average Bonchev–Trinajstić information content (AvgIpc) is 2.81. The summed E-state index contributed by atoms with van der Waals surface area (Å²) >= 11 is 0. The van der Waals surface area contributed by atoms with Crippen molar-refractivity contribution in [2.45, 2.75) is 66.0 Å². The van der Waals surface area contributed by atoms with Crippen LogP contribution in [0.25, 0.3) is 0 Å². The quantitative estimate of drug-likeness (QED) is 0.591. The molecule has 3 rings (SSSR count). The molecule has 2 aromatic rings. The van der Waals surface area contributed by atoms with Crippen LogP contribution >= 0.6 is 0 Å². The zero-order chi connectivity index (χ0) is 23.3. The fourth-order valence-corrected chi connectivity index (χ4v) is 4.55. The Labute approximate surface area is 192 Å². The number of likely N-dealkylation sites (N-methyl/N-ethyl adjacent to an activating group) is 1. The van der Waals surface area contributed by atoms with Crippen molar-refractivity contribution >= 4 is 11.8 Å². The molecule has 0 aliphatic carbocycles. The van der Waals surface area contributed by atoms with Crippen LogP contribution in [0.1, 0.15) is 68.8 Å². The molecule has 2 aromatic carbocycles. The molecule has 0 N–H and O–H groups in total. The van der Waals surface area contributed by atoms with Crippen molar-refractivity contribution in [3.05, 3.63) is 64.7 Å². The van der Waals surface area contributed by atoms with Gasteiger partial charge in [0, 0.05) is 26.1 Å². The summed E-state index contributed by atoms with van der Waals surface area (Å²) in [6.45, 7) is 12.0. The molecule has 172 valence electrons. The van der Waals surface area contributed by atoms with E-state index in [1.165, 1.54) is 11.1 Å². The van der Waals surface area contributed by atoms with Gasteiger partial charge in [0.05, 0.1) is 6.04 Å². The first kappa shape index (κ1) is 23.8. The maximum absolute atomic E-state index is 12.9. The van der Waals surface area contributed by atoms with Gasteiger partial charge in [0.15, 0.2) is 6.10 Å². The van der Waals surface area contributed by atoms with Gasteiger partial charge in [-0.05, 0) is 62.4 Å². The number of nitrogens with zero attached hydrogens (tertiary/aromatic N) is 2. The Morgan fingerprint density at radius 2 is 1.84 bits per heavy atom. The zero-order valence-electron chi connectivity index (χ0n) is 20.1. The molecule has 32 heavy (non-hydrogen) atoms. The van der Waals surface area contributed by atoms with E-state index in [1.54, 1.807) is 0 Å². The number of carbonyl (C=O) groups excluding carboxylic acids is 2. The Bertz CT molecular complexity index is 952. The Morgan fingerprint density at radius 3 is 2.47 bits per heavy atom. The third kappa shape index (κ3) is 4.98. The SMILES string of the molecule is CCC(=O)N1CCc2ccc(OC(CC)C(=O)N(CC)CC)cc2C1c1cccc(C)c1. The number of aryl methyl sites for hydroxylation is 1. The highest BCUT2D eigenvalue weighted by Gasteiger charge is 2.32. The van der Waals surface area contributed by atoms with E-state index in [0.717, 1.165) is 17.5 Å². The molecule has 1 heterocycles. The second kappa shape index (κ2) is 10.7. The molecule has 2 amide bonds. The first-order chi connectivity index (χ1) is 15.4. The number of amides is 2. The first-order valence-corrected chi connectivity index (χ1v) is 11.9. The van der Waals surface area contributed by atoms with Crippen molar-refractivity contribution in [3.8, 4) is 5.75 Å². The van der Waals surface area contributed by atoms with Crippen molar-refractivity contribution in [3.63, 3.8) is 0 Å². The van der Waals surface area contributed by atoms with Crippen molar-refractivity contribution in [2.75, 3.05) is 19.6 Å². The molecule has 1 aliphatic rings. The van der Waals surface area contributed by atoms with Crippen molar-refractivity contribution < 1.29 is 14.3 Å². The van der Waals surface area contributed by atoms with Crippen molar-refractivity contribution in [1.29, 1.82) is 0 Å². The van der Waals surface area contributed by atoms with Gasteiger partial charge >= 0.3 is 0 Å². The van der Waals surface area contributed by atoms with E-state index in [0.29, 0.717) is 38.2 Å². The highest BCUT2D eigenvalue weighted by Crippen LogP contribution is 2.38. The van der Waals surface area contributed by atoms with Gasteiger partial charge < -0.3 is 14.5 Å². The van der Waals surface area contributed by atoms with E-state index in [4.69, 9.17) is 4.74 Å². The maximum atomic E-state index is 12.9. The summed E-state index contributed by atoms with van der Waals surface area (Å²) in [5.41, 5.74) is 4.59. The largest absolute Gasteiger partial charge is 0.481 e. The van der Waals surface area contributed by atoms with Gasteiger partial charge in [-0.3, -0.25) is 9.59 Å². The molecular formula is C27H36N2O3. The molecule has 5 nitrogen and oxygen atoms in total. The second-order valence-corrected chi connectivity index (χ2v) is 8.39. The van der Waals surface area contributed by atoms with E-state index in [2.05, 4.69) is 31.2 Å². The summed E-state index contributed by atoms with van der Waals surface area (Å²) in [6, 6.07) is 14.3. The minimum Gasteiger partial charge on any atom is -0.481 e. The van der Waals surface area contributed by atoms with Gasteiger partial charge in [-0.1, -0.05) is 49.7 Å². The second-order valence-electron chi connectivity index (χ2n) is 8.39. The lowest BCUT2D eigenvalue weighted by atomic mass is 9.87. The molecular weight excluding hydrogens is 400 g/mol. The molecule has 0 saturated carbocycles. The lowest BCUT2D eigenvalue weighted by molar-refractivity contribution is -0.138. The molecule has 5 heteroatoms. The van der Waals surface area contributed by atoms with Gasteiger partial charge in [0.1, 0.15) is 5.75 Å². The highest BCUT2D eigenvalue weighted by molar-refractivity contribution is 5.81. The Hall–Kier alpha value is -2.82. The van der Waals surface area contributed by atoms with Crippen LogP contribution < -0.4 is 4.74 Å². The Morgan fingerprint density at radius 1 is 1.09 bits per heavy atom. The molecule has 0 saturated heterocycles. The average molecular weight is 437 g/mol. The molecule has 0 spiro atoms. The van der Waals surface area contributed by atoms with Crippen LogP contribution in [0.2, 0.25) is 0 Å². The summed E-state index contributed by atoms with van der Waals surface area (Å²) in [4.78, 5) is 29.5. The maximum Gasteiger partial charge on any atom is 0.263 e. The monoisotopic (exact) mass is 436 g/mol. The Kier molecular flexibility index (Phi) is 7.94. The fourth-order valence-electron chi connectivity index (χ4n) is 4.55. The number of rotatable bonds is 8. The first-order valence-electron chi connectivity index (χ1n) is 11.9. The molecule has 0 aromatic heterocycles. The van der Waals surface area contributed by atoms with Gasteiger partial charge in [-0.25, -0.2) is 0 Å². The number of hydrogen-bond donors (Lipinski definition) is 0. The third-order valence-electron chi connectivity index (χ3n) is 6.33. The van der Waals surface area contributed by atoms with E-state index in [1.807, 2.05) is 55.7 Å². The lowest BCUT2D eigenvalue weighted by Crippen LogP contribution is -2.42. The van der Waals surface area contributed by atoms with Crippen LogP contribution in [0.5, 0.6) is 5.75 Å². The van der Waals surface area contributed by atoms with Crippen molar-refractivity contribution in [1.82, 2.24) is 9.80 Å². The lowest BCUT2D eigenvalue weighted by Gasteiger charge is -2.38. The number of ether oxygens (including phenoxy) is 1. The van der Waals surface area contributed by atoms with E-state index in [-0.39, 0.29) is 17.9 Å². The van der Waals surface area contributed by atoms with Gasteiger partial charge in [0.2, 0.25) is 5.91 Å². The number of carbonyl (C=O) groups is 2. The topological polar surface area (TPSA) is 49.9 Å². The molecule has 2 unspecified atom stereocenters. The Balaban J connectivity index is 1.99. The van der Waals surface area contributed by atoms with Crippen LogP contribution in [0, 0.1) is 6.92 Å². The smallest absolute Gasteiger partial charge is 0.263 e. The van der Waals surface area contributed by atoms with Crippen molar-refractivity contribution in [2.24, 2.45) is 0 Å². The summed E-state index contributed by atoms with van der Waals surface area (Å²) in [5.74, 6) is 0.851. The normalized spacial score (nSPS) is 16.3.